The molecule has 0 radical (unpaired) electrons. The van der Waals surface area contributed by atoms with E-state index in [4.69, 9.17) is 29.6 Å². The normalized spacial score (nSPS) is 10.0. The molecule has 0 fully saturated rings. The van der Waals surface area contributed by atoms with E-state index in [1.807, 2.05) is 24.3 Å². The molecule has 21 heavy (non-hydrogen) atoms. The van der Waals surface area contributed by atoms with Crippen LogP contribution in [0.3, 0.4) is 0 Å². The average molecular weight is 320 g/mol. The smallest absolute Gasteiger partial charge is 0.221 e. The van der Waals surface area contributed by atoms with Gasteiger partial charge >= 0.3 is 0 Å². The lowest BCUT2D eigenvalue weighted by molar-refractivity contribution is -0.114. The van der Waals surface area contributed by atoms with Crippen LogP contribution in [-0.2, 0) is 4.79 Å². The number of benzene rings is 2. The molecule has 0 aliphatic rings. The molecule has 0 heterocycles. The summed E-state index contributed by atoms with van der Waals surface area (Å²) in [5.74, 6) is -0.110. The molecule has 0 aromatic heterocycles. The zero-order chi connectivity index (χ0) is 15.4. The van der Waals surface area contributed by atoms with Crippen molar-refractivity contribution >= 4 is 51.8 Å². The minimum atomic E-state index is -0.110. The number of anilines is 3. The van der Waals surface area contributed by atoms with E-state index >= 15 is 0 Å². The molecule has 4 nitrogen and oxygen atoms in total. The molecule has 0 saturated carbocycles. The molecule has 0 atom stereocenters. The molecular formula is C15H14ClN3OS. The second-order valence-electron chi connectivity index (χ2n) is 4.41. The Hall–Kier alpha value is -2.11. The lowest BCUT2D eigenvalue weighted by atomic mass is 10.1. The number of amides is 1. The van der Waals surface area contributed by atoms with Crippen molar-refractivity contribution in [2.24, 2.45) is 5.73 Å². The molecule has 0 aliphatic heterocycles. The highest BCUT2D eigenvalue weighted by Crippen LogP contribution is 2.27. The third kappa shape index (κ3) is 3.93. The number of carbonyl (C=O) groups is 1. The number of nitrogens with one attached hydrogen (secondary N) is 2. The van der Waals surface area contributed by atoms with Crippen molar-refractivity contribution in [3.63, 3.8) is 0 Å². The first kappa shape index (κ1) is 15.3. The number of halogens is 1. The Morgan fingerprint density at radius 3 is 2.33 bits per heavy atom. The van der Waals surface area contributed by atoms with E-state index in [1.165, 1.54) is 6.92 Å². The first-order chi connectivity index (χ1) is 9.97. The Kier molecular flexibility index (Phi) is 4.77. The van der Waals surface area contributed by atoms with Gasteiger partial charge in [0.1, 0.15) is 4.99 Å². The lowest BCUT2D eigenvalue weighted by Crippen LogP contribution is -2.12. The maximum atomic E-state index is 11.0. The zero-order valence-corrected chi connectivity index (χ0v) is 12.9. The van der Waals surface area contributed by atoms with Gasteiger partial charge in [-0.05, 0) is 36.4 Å². The summed E-state index contributed by atoms with van der Waals surface area (Å²) in [7, 11) is 0. The summed E-state index contributed by atoms with van der Waals surface area (Å²) in [5.41, 5.74) is 8.62. The van der Waals surface area contributed by atoms with E-state index in [2.05, 4.69) is 10.6 Å². The predicted octanol–water partition coefficient (Wildman–Crippen LogP) is 3.68. The number of nitrogens with two attached hydrogens (primary N) is 1. The second-order valence-corrected chi connectivity index (χ2v) is 5.26. The average Bonchev–Trinajstić information content (AvgIpc) is 2.40. The fourth-order valence-electron chi connectivity index (χ4n) is 1.87. The van der Waals surface area contributed by atoms with Gasteiger partial charge in [0.2, 0.25) is 5.91 Å². The third-order valence-electron chi connectivity index (χ3n) is 2.74. The molecule has 1 amide bonds. The first-order valence-electron chi connectivity index (χ1n) is 6.20. The van der Waals surface area contributed by atoms with Gasteiger partial charge in [0.15, 0.2) is 0 Å². The van der Waals surface area contributed by atoms with Crippen molar-refractivity contribution < 1.29 is 4.79 Å². The van der Waals surface area contributed by atoms with Gasteiger partial charge in [-0.1, -0.05) is 29.9 Å². The van der Waals surface area contributed by atoms with Gasteiger partial charge in [0.05, 0.1) is 16.3 Å². The lowest BCUT2D eigenvalue weighted by Gasteiger charge is -2.13. The standard InChI is InChI=1S/C15H14ClN3OS/c1-9(20)18-10-5-7-11(8-6-10)19-13-4-2-3-12(16)14(13)15(17)21/h2-8,19H,1H3,(H2,17,21)(H,18,20). The highest BCUT2D eigenvalue weighted by molar-refractivity contribution is 7.80. The SMILES string of the molecule is CC(=O)Nc1ccc(Nc2cccc(Cl)c2C(N)=S)cc1. The van der Waals surface area contributed by atoms with Crippen molar-refractivity contribution in [1.82, 2.24) is 0 Å². The Balaban J connectivity index is 2.24. The van der Waals surface area contributed by atoms with Crippen LogP contribution in [0.2, 0.25) is 5.02 Å². The fourth-order valence-corrected chi connectivity index (χ4v) is 2.43. The van der Waals surface area contributed by atoms with Crippen molar-refractivity contribution in [2.45, 2.75) is 6.92 Å². The molecule has 2 aromatic rings. The van der Waals surface area contributed by atoms with Gasteiger partial charge in [-0.25, -0.2) is 0 Å². The minimum Gasteiger partial charge on any atom is -0.389 e. The van der Waals surface area contributed by atoms with Crippen molar-refractivity contribution in [2.75, 3.05) is 10.6 Å². The topological polar surface area (TPSA) is 67.2 Å². The van der Waals surface area contributed by atoms with E-state index in [9.17, 15) is 4.79 Å². The molecule has 0 saturated heterocycles. The highest BCUT2D eigenvalue weighted by atomic mass is 35.5. The molecular weight excluding hydrogens is 306 g/mol. The van der Waals surface area contributed by atoms with Gasteiger partial charge in [-0.3, -0.25) is 4.79 Å². The van der Waals surface area contributed by atoms with Gasteiger partial charge < -0.3 is 16.4 Å². The molecule has 2 aromatic carbocycles. The van der Waals surface area contributed by atoms with E-state index < -0.39 is 0 Å². The van der Waals surface area contributed by atoms with E-state index in [-0.39, 0.29) is 10.9 Å². The Morgan fingerprint density at radius 1 is 1.14 bits per heavy atom. The largest absolute Gasteiger partial charge is 0.389 e. The summed E-state index contributed by atoms with van der Waals surface area (Å²) in [5, 5.41) is 6.42. The minimum absolute atomic E-state index is 0.110. The summed E-state index contributed by atoms with van der Waals surface area (Å²) < 4.78 is 0. The van der Waals surface area contributed by atoms with E-state index in [1.54, 1.807) is 18.2 Å². The molecule has 0 unspecified atom stereocenters. The van der Waals surface area contributed by atoms with Crippen LogP contribution < -0.4 is 16.4 Å². The number of rotatable bonds is 4. The number of hydrogen-bond acceptors (Lipinski definition) is 3. The van der Waals surface area contributed by atoms with Crippen LogP contribution in [0.5, 0.6) is 0 Å². The number of carbonyl (C=O) groups excluding carboxylic acids is 1. The molecule has 108 valence electrons. The zero-order valence-electron chi connectivity index (χ0n) is 11.3. The van der Waals surface area contributed by atoms with Crippen molar-refractivity contribution in [3.8, 4) is 0 Å². The summed E-state index contributed by atoms with van der Waals surface area (Å²) >= 11 is 11.1. The number of thiocarbonyl (C=S) groups is 1. The van der Waals surface area contributed by atoms with Crippen LogP contribution in [-0.4, -0.2) is 10.9 Å². The highest BCUT2D eigenvalue weighted by Gasteiger charge is 2.09. The summed E-state index contributed by atoms with van der Waals surface area (Å²) in [6.45, 7) is 1.46. The van der Waals surface area contributed by atoms with E-state index in [0.717, 1.165) is 17.1 Å². The molecule has 2 rings (SSSR count). The van der Waals surface area contributed by atoms with Gasteiger partial charge in [-0.2, -0.15) is 0 Å². The second kappa shape index (κ2) is 6.56. The molecule has 6 heteroatoms. The Labute approximate surface area is 133 Å². The number of hydrogen-bond donors (Lipinski definition) is 3. The van der Waals surface area contributed by atoms with Crippen molar-refractivity contribution in [1.29, 1.82) is 0 Å². The molecule has 4 N–H and O–H groups in total. The third-order valence-corrected chi connectivity index (χ3v) is 3.26. The van der Waals surface area contributed by atoms with Gasteiger partial charge in [0, 0.05) is 18.3 Å². The molecule has 0 aliphatic carbocycles. The quantitative estimate of drug-likeness (QED) is 0.752. The van der Waals surface area contributed by atoms with Crippen LogP contribution in [0.1, 0.15) is 12.5 Å². The van der Waals surface area contributed by atoms with Crippen LogP contribution >= 0.6 is 23.8 Å². The molecule has 0 bridgehead atoms. The van der Waals surface area contributed by atoms with Crippen LogP contribution in [0.25, 0.3) is 0 Å². The van der Waals surface area contributed by atoms with Crippen molar-refractivity contribution in [3.05, 3.63) is 53.1 Å². The van der Waals surface area contributed by atoms with Crippen LogP contribution in [0, 0.1) is 0 Å². The van der Waals surface area contributed by atoms with E-state index in [0.29, 0.717) is 10.6 Å². The Morgan fingerprint density at radius 2 is 1.76 bits per heavy atom. The predicted molar refractivity (Wildman–Crippen MR) is 91.4 cm³/mol. The first-order valence-corrected chi connectivity index (χ1v) is 6.99. The van der Waals surface area contributed by atoms with Gasteiger partial charge in [0.25, 0.3) is 0 Å². The monoisotopic (exact) mass is 319 g/mol. The molecule has 0 spiro atoms. The summed E-state index contributed by atoms with van der Waals surface area (Å²) in [6.07, 6.45) is 0. The maximum Gasteiger partial charge on any atom is 0.221 e. The fraction of sp³-hybridized carbons (Fsp3) is 0.0667. The van der Waals surface area contributed by atoms with Gasteiger partial charge in [-0.15, -0.1) is 0 Å². The maximum absolute atomic E-state index is 11.0. The summed E-state index contributed by atoms with van der Waals surface area (Å²) in [4.78, 5) is 11.2. The Bertz CT molecular complexity index is 686. The summed E-state index contributed by atoms with van der Waals surface area (Å²) in [6, 6.07) is 12.7. The van der Waals surface area contributed by atoms with Crippen LogP contribution in [0.4, 0.5) is 17.1 Å². The van der Waals surface area contributed by atoms with Crippen LogP contribution in [0.15, 0.2) is 42.5 Å².